The third-order valence-corrected chi connectivity index (χ3v) is 8.93. The van der Waals surface area contributed by atoms with Gasteiger partial charge in [-0.15, -0.1) is 0 Å². The Bertz CT molecular complexity index is 1210. The fraction of sp³-hybridized carbons (Fsp3) is 0.520. The molecule has 1 fully saturated rings. The Morgan fingerprint density at radius 2 is 1.72 bits per heavy atom. The number of phenolic OH excluding ortho intramolecular Hbond substituents is 1. The lowest BCUT2D eigenvalue weighted by molar-refractivity contribution is 0.169. The fourth-order valence-corrected chi connectivity index (χ4v) is 6.33. The highest BCUT2D eigenvalue weighted by molar-refractivity contribution is 7.92. The minimum Gasteiger partial charge on any atom is -0.506 e. The molecular weight excluding hydrogens is 502 g/mol. The number of aliphatic hydroxyl groups is 1. The Labute approximate surface area is 214 Å². The van der Waals surface area contributed by atoms with Gasteiger partial charge in [0.25, 0.3) is 0 Å². The molecule has 1 heterocycles. The van der Waals surface area contributed by atoms with E-state index < -0.39 is 26.2 Å². The predicted octanol–water partition coefficient (Wildman–Crippen LogP) is 2.83. The molecule has 1 atom stereocenters. The molecule has 9 nitrogen and oxygen atoms in total. The lowest BCUT2D eigenvalue weighted by Gasteiger charge is -2.31. The Morgan fingerprint density at radius 1 is 1.06 bits per heavy atom. The quantitative estimate of drug-likeness (QED) is 0.305. The minimum absolute atomic E-state index is 0.0123. The first-order valence-corrected chi connectivity index (χ1v) is 15.6. The topological polar surface area (TPSA) is 136 Å². The van der Waals surface area contributed by atoms with E-state index in [9.17, 15) is 27.0 Å². The van der Waals surface area contributed by atoms with E-state index in [0.717, 1.165) is 43.9 Å². The zero-order valence-electron chi connectivity index (χ0n) is 20.9. The highest BCUT2D eigenvalue weighted by Gasteiger charge is 2.29. The number of aromatic hydroxyl groups is 1. The van der Waals surface area contributed by atoms with Gasteiger partial charge in [0.2, 0.25) is 20.0 Å². The van der Waals surface area contributed by atoms with Crippen LogP contribution in [-0.4, -0.2) is 63.8 Å². The van der Waals surface area contributed by atoms with E-state index in [1.54, 1.807) is 16.4 Å². The normalized spacial score (nSPS) is 16.6. The van der Waals surface area contributed by atoms with Crippen molar-refractivity contribution in [3.05, 3.63) is 53.6 Å². The van der Waals surface area contributed by atoms with E-state index in [2.05, 4.69) is 17.0 Å². The highest BCUT2D eigenvalue weighted by atomic mass is 32.2. The molecule has 2 aromatic carbocycles. The van der Waals surface area contributed by atoms with Crippen LogP contribution in [0.15, 0.2) is 47.4 Å². The van der Waals surface area contributed by atoms with Gasteiger partial charge in [-0.05, 0) is 73.5 Å². The molecule has 0 aromatic heterocycles. The van der Waals surface area contributed by atoms with Gasteiger partial charge >= 0.3 is 0 Å². The Balaban J connectivity index is 1.47. The Morgan fingerprint density at radius 3 is 2.33 bits per heavy atom. The van der Waals surface area contributed by atoms with Crippen LogP contribution in [0, 0.1) is 5.92 Å². The van der Waals surface area contributed by atoms with Gasteiger partial charge in [0, 0.05) is 19.6 Å². The number of hydrogen-bond acceptors (Lipinski definition) is 7. The van der Waals surface area contributed by atoms with Crippen LogP contribution >= 0.6 is 0 Å². The SMILES string of the molecule is CCCCc1ccc(S(=O)(=O)N2CCC(CNC[C@H](O)c3ccc(O)c(NS(C)(=O)=O)c3)CC2)cc1. The maximum atomic E-state index is 13.0. The molecule has 0 aliphatic carbocycles. The van der Waals surface area contributed by atoms with Gasteiger partial charge in [-0.3, -0.25) is 4.72 Å². The minimum atomic E-state index is -3.57. The summed E-state index contributed by atoms with van der Waals surface area (Å²) in [6.45, 7) is 3.91. The summed E-state index contributed by atoms with van der Waals surface area (Å²) in [5.74, 6) is 0.0563. The molecule has 4 N–H and O–H groups in total. The van der Waals surface area contributed by atoms with Crippen molar-refractivity contribution in [2.24, 2.45) is 5.92 Å². The number of hydrogen-bond donors (Lipinski definition) is 4. The number of aryl methyl sites for hydroxylation is 1. The summed E-state index contributed by atoms with van der Waals surface area (Å²) in [6.07, 6.45) is 4.67. The third-order valence-electron chi connectivity index (χ3n) is 6.43. The van der Waals surface area contributed by atoms with Crippen LogP contribution in [0.25, 0.3) is 0 Å². The standard InChI is InChI=1S/C25H37N3O6S2/c1-3-4-5-19-6-9-22(10-7-19)36(33,34)28-14-12-20(13-15-28)17-26-18-25(30)21-8-11-24(29)23(16-21)27-35(2,31)32/h6-11,16,20,25-27,29-30H,3-5,12-15,17-18H2,1-2H3/t25-/m0/s1. The van der Waals surface area contributed by atoms with Crippen LogP contribution in [-0.2, 0) is 26.5 Å². The number of sulfonamides is 2. The highest BCUT2D eigenvalue weighted by Crippen LogP contribution is 2.28. The average molecular weight is 540 g/mol. The summed E-state index contributed by atoms with van der Waals surface area (Å²) in [5, 5.41) is 23.6. The van der Waals surface area contributed by atoms with Crippen molar-refractivity contribution < 1.29 is 27.0 Å². The van der Waals surface area contributed by atoms with E-state index in [4.69, 9.17) is 0 Å². The van der Waals surface area contributed by atoms with Crippen LogP contribution in [0.1, 0.15) is 49.8 Å². The van der Waals surface area contributed by atoms with E-state index in [1.807, 2.05) is 12.1 Å². The van der Waals surface area contributed by atoms with Crippen molar-refractivity contribution in [2.75, 3.05) is 37.2 Å². The number of rotatable bonds is 12. The Kier molecular flexibility index (Phi) is 9.76. The summed E-state index contributed by atoms with van der Waals surface area (Å²) in [6, 6.07) is 11.5. The lowest BCUT2D eigenvalue weighted by Crippen LogP contribution is -2.41. The first-order chi connectivity index (χ1) is 17.0. The molecule has 2 aromatic rings. The summed E-state index contributed by atoms with van der Waals surface area (Å²) in [5.41, 5.74) is 1.63. The molecule has 1 aliphatic rings. The number of nitrogens with one attached hydrogen (secondary N) is 2. The smallest absolute Gasteiger partial charge is 0.243 e. The second kappa shape index (κ2) is 12.4. The van der Waals surface area contributed by atoms with Crippen molar-refractivity contribution in [1.29, 1.82) is 0 Å². The second-order valence-electron chi connectivity index (χ2n) is 9.42. The molecule has 0 bridgehead atoms. The first kappa shape index (κ1) is 28.4. The zero-order chi connectivity index (χ0) is 26.3. The van der Waals surface area contributed by atoms with Gasteiger partial charge < -0.3 is 15.5 Å². The third kappa shape index (κ3) is 7.91. The van der Waals surface area contributed by atoms with Crippen LogP contribution in [0.3, 0.4) is 0 Å². The number of benzene rings is 2. The van der Waals surface area contributed by atoms with Crippen molar-refractivity contribution in [3.63, 3.8) is 0 Å². The van der Waals surface area contributed by atoms with Gasteiger partial charge in [-0.2, -0.15) is 4.31 Å². The predicted molar refractivity (Wildman–Crippen MR) is 141 cm³/mol. The second-order valence-corrected chi connectivity index (χ2v) is 13.1. The van der Waals surface area contributed by atoms with Crippen molar-refractivity contribution in [1.82, 2.24) is 9.62 Å². The summed E-state index contributed by atoms with van der Waals surface area (Å²) >= 11 is 0. The maximum absolute atomic E-state index is 13.0. The van der Waals surface area contributed by atoms with Crippen molar-refractivity contribution in [2.45, 2.75) is 50.0 Å². The van der Waals surface area contributed by atoms with Crippen LogP contribution < -0.4 is 10.0 Å². The molecule has 36 heavy (non-hydrogen) atoms. The monoisotopic (exact) mass is 539 g/mol. The van der Waals surface area contributed by atoms with Gasteiger partial charge in [0.1, 0.15) is 5.75 Å². The zero-order valence-corrected chi connectivity index (χ0v) is 22.5. The number of nitrogens with zero attached hydrogens (tertiary/aromatic N) is 1. The summed E-state index contributed by atoms with van der Waals surface area (Å²) in [4.78, 5) is 0.334. The van der Waals surface area contributed by atoms with Crippen LogP contribution in [0.4, 0.5) is 5.69 Å². The molecule has 0 unspecified atom stereocenters. The van der Waals surface area contributed by atoms with Crippen LogP contribution in [0.2, 0.25) is 0 Å². The number of anilines is 1. The number of aliphatic hydroxyl groups excluding tert-OH is 1. The number of unbranched alkanes of at least 4 members (excludes halogenated alkanes) is 1. The summed E-state index contributed by atoms with van der Waals surface area (Å²) in [7, 11) is -7.08. The van der Waals surface area contributed by atoms with Gasteiger partial charge in [-0.25, -0.2) is 16.8 Å². The van der Waals surface area contributed by atoms with E-state index in [-0.39, 0.29) is 23.9 Å². The molecule has 0 spiro atoms. The van der Waals surface area contributed by atoms with Gasteiger partial charge in [0.15, 0.2) is 0 Å². The van der Waals surface area contributed by atoms with E-state index in [1.165, 1.54) is 18.2 Å². The number of piperidine rings is 1. The molecular formula is C25H37N3O6S2. The number of phenols is 1. The van der Waals surface area contributed by atoms with Gasteiger partial charge in [0.05, 0.1) is 22.9 Å². The van der Waals surface area contributed by atoms with Crippen molar-refractivity contribution in [3.8, 4) is 5.75 Å². The molecule has 0 amide bonds. The lowest BCUT2D eigenvalue weighted by atomic mass is 9.98. The molecule has 3 rings (SSSR count). The van der Waals surface area contributed by atoms with Gasteiger partial charge in [-0.1, -0.05) is 31.5 Å². The maximum Gasteiger partial charge on any atom is 0.243 e. The average Bonchev–Trinajstić information content (AvgIpc) is 2.84. The van der Waals surface area contributed by atoms with E-state index >= 15 is 0 Å². The largest absolute Gasteiger partial charge is 0.506 e. The molecule has 0 saturated carbocycles. The molecule has 1 aliphatic heterocycles. The first-order valence-electron chi connectivity index (χ1n) is 12.3. The van der Waals surface area contributed by atoms with Crippen molar-refractivity contribution >= 4 is 25.7 Å². The molecule has 200 valence electrons. The van der Waals surface area contributed by atoms with Crippen LogP contribution in [0.5, 0.6) is 5.75 Å². The molecule has 1 saturated heterocycles. The Hall–Kier alpha value is -2.18. The van der Waals surface area contributed by atoms with E-state index in [0.29, 0.717) is 30.1 Å². The summed E-state index contributed by atoms with van der Waals surface area (Å²) < 4.78 is 52.8. The molecule has 11 heteroatoms. The molecule has 0 radical (unpaired) electrons. The fourth-order valence-electron chi connectivity index (χ4n) is 4.30.